The Labute approximate surface area is 154 Å². The molecule has 4 rings (SSSR count). The first kappa shape index (κ1) is 16.4. The minimum atomic E-state index is -0.116. The molecular weight excluding hydrogens is 352 g/mol. The molecule has 0 bridgehead atoms. The van der Waals surface area contributed by atoms with Gasteiger partial charge in [-0.3, -0.25) is 20.0 Å². The first-order valence-electron chi connectivity index (χ1n) is 8.23. The monoisotopic (exact) mass is 370 g/mol. The van der Waals surface area contributed by atoms with E-state index in [1.54, 1.807) is 23.5 Å². The van der Waals surface area contributed by atoms with Crippen LogP contribution in [0.25, 0.3) is 0 Å². The molecule has 3 heterocycles. The molecule has 1 aromatic carbocycles. The molecule has 1 unspecified atom stereocenters. The topological polar surface area (TPSA) is 58.1 Å². The molecule has 0 spiro atoms. The third-order valence-electron chi connectivity index (χ3n) is 4.33. The van der Waals surface area contributed by atoms with Crippen molar-refractivity contribution in [1.82, 2.24) is 14.9 Å². The number of aromatic nitrogens is 2. The fraction of sp³-hybridized carbons (Fsp3) is 0.278. The molecule has 0 aliphatic carbocycles. The number of benzene rings is 1. The summed E-state index contributed by atoms with van der Waals surface area (Å²) in [4.78, 5) is 24.8. The lowest BCUT2D eigenvalue weighted by Crippen LogP contribution is -2.22. The SMILES string of the molecule is O=C(Nc1nc(C2CCCN2Cc2cncs2)cs1)c1ccccc1. The van der Waals surface area contributed by atoms with Gasteiger partial charge in [0, 0.05) is 28.6 Å². The average molecular weight is 371 g/mol. The molecule has 1 N–H and O–H groups in total. The lowest BCUT2D eigenvalue weighted by molar-refractivity contribution is 0.102. The highest BCUT2D eigenvalue weighted by Crippen LogP contribution is 2.35. The number of nitrogens with one attached hydrogen (secondary N) is 1. The van der Waals surface area contributed by atoms with E-state index in [4.69, 9.17) is 0 Å². The predicted molar refractivity (Wildman–Crippen MR) is 101 cm³/mol. The molecule has 1 amide bonds. The Morgan fingerprint density at radius 3 is 2.96 bits per heavy atom. The molecule has 7 heteroatoms. The highest BCUT2D eigenvalue weighted by Gasteiger charge is 2.28. The number of likely N-dealkylation sites (tertiary alicyclic amines) is 1. The van der Waals surface area contributed by atoms with Crippen LogP contribution in [0.1, 0.15) is 39.8 Å². The molecule has 1 fully saturated rings. The van der Waals surface area contributed by atoms with E-state index < -0.39 is 0 Å². The summed E-state index contributed by atoms with van der Waals surface area (Å²) in [6.45, 7) is 1.99. The Morgan fingerprint density at radius 1 is 1.28 bits per heavy atom. The van der Waals surface area contributed by atoms with E-state index in [1.807, 2.05) is 29.9 Å². The molecule has 2 aromatic heterocycles. The summed E-state index contributed by atoms with van der Waals surface area (Å²) >= 11 is 3.18. The van der Waals surface area contributed by atoms with E-state index in [0.717, 1.165) is 25.2 Å². The van der Waals surface area contributed by atoms with Crippen molar-refractivity contribution >= 4 is 33.7 Å². The van der Waals surface area contributed by atoms with E-state index in [2.05, 4.69) is 25.6 Å². The molecule has 1 aliphatic heterocycles. The quantitative estimate of drug-likeness (QED) is 0.732. The summed E-state index contributed by atoms with van der Waals surface area (Å²) in [5.74, 6) is -0.116. The Balaban J connectivity index is 1.44. The van der Waals surface area contributed by atoms with Gasteiger partial charge in [0.25, 0.3) is 5.91 Å². The summed E-state index contributed by atoms with van der Waals surface area (Å²) < 4.78 is 0. The van der Waals surface area contributed by atoms with Crippen LogP contribution in [0.4, 0.5) is 5.13 Å². The van der Waals surface area contributed by atoms with E-state index in [1.165, 1.54) is 22.6 Å². The number of hydrogen-bond acceptors (Lipinski definition) is 6. The van der Waals surface area contributed by atoms with E-state index in [-0.39, 0.29) is 5.91 Å². The molecule has 5 nitrogen and oxygen atoms in total. The minimum absolute atomic E-state index is 0.116. The van der Waals surface area contributed by atoms with Crippen molar-refractivity contribution in [3.05, 3.63) is 63.6 Å². The van der Waals surface area contributed by atoms with Crippen LogP contribution in [-0.2, 0) is 6.54 Å². The van der Waals surface area contributed by atoms with Gasteiger partial charge in [0.1, 0.15) is 0 Å². The van der Waals surface area contributed by atoms with Gasteiger partial charge in [0.15, 0.2) is 5.13 Å². The number of anilines is 1. The van der Waals surface area contributed by atoms with Crippen molar-refractivity contribution < 1.29 is 4.79 Å². The summed E-state index contributed by atoms with van der Waals surface area (Å²) in [6, 6.07) is 9.54. The number of nitrogens with zero attached hydrogens (tertiary/aromatic N) is 3. The second kappa shape index (κ2) is 7.43. The fourth-order valence-corrected chi connectivity index (χ4v) is 4.50. The largest absolute Gasteiger partial charge is 0.298 e. The number of carbonyl (C=O) groups excluding carboxylic acids is 1. The van der Waals surface area contributed by atoms with Gasteiger partial charge in [-0.25, -0.2) is 4.98 Å². The van der Waals surface area contributed by atoms with Crippen LogP contribution in [-0.4, -0.2) is 27.3 Å². The summed E-state index contributed by atoms with van der Waals surface area (Å²) in [5, 5.41) is 5.63. The van der Waals surface area contributed by atoms with E-state index in [9.17, 15) is 4.79 Å². The number of carbonyl (C=O) groups is 1. The fourth-order valence-electron chi connectivity index (χ4n) is 3.13. The van der Waals surface area contributed by atoms with Crippen LogP contribution < -0.4 is 5.32 Å². The summed E-state index contributed by atoms with van der Waals surface area (Å²) in [6.07, 6.45) is 4.22. The van der Waals surface area contributed by atoms with Gasteiger partial charge < -0.3 is 0 Å². The van der Waals surface area contributed by atoms with Crippen LogP contribution in [0.5, 0.6) is 0 Å². The van der Waals surface area contributed by atoms with Crippen molar-refractivity contribution in [2.45, 2.75) is 25.4 Å². The highest BCUT2D eigenvalue weighted by atomic mass is 32.1. The number of thiazole rings is 2. The van der Waals surface area contributed by atoms with Crippen LogP contribution in [0, 0.1) is 0 Å². The van der Waals surface area contributed by atoms with Crippen LogP contribution >= 0.6 is 22.7 Å². The Hall–Kier alpha value is -2.09. The molecule has 128 valence electrons. The Morgan fingerprint density at radius 2 is 2.16 bits per heavy atom. The molecule has 0 radical (unpaired) electrons. The van der Waals surface area contributed by atoms with Gasteiger partial charge in [-0.1, -0.05) is 18.2 Å². The number of amides is 1. The van der Waals surface area contributed by atoms with Gasteiger partial charge in [-0.15, -0.1) is 22.7 Å². The maximum atomic E-state index is 12.3. The van der Waals surface area contributed by atoms with Gasteiger partial charge in [0.05, 0.1) is 17.2 Å². The first-order valence-corrected chi connectivity index (χ1v) is 9.99. The molecule has 25 heavy (non-hydrogen) atoms. The average Bonchev–Trinajstić information content (AvgIpc) is 3.38. The van der Waals surface area contributed by atoms with Crippen molar-refractivity contribution in [3.8, 4) is 0 Å². The number of rotatable bonds is 5. The smallest absolute Gasteiger partial charge is 0.257 e. The van der Waals surface area contributed by atoms with Gasteiger partial charge in [0.2, 0.25) is 0 Å². The standard InChI is InChI=1S/C18H18N4OS2/c23-17(13-5-2-1-3-6-13)21-18-20-15(11-24-18)16-7-4-8-22(16)10-14-9-19-12-25-14/h1-3,5-6,9,11-12,16H,4,7-8,10H2,(H,20,21,23). The Kier molecular flexibility index (Phi) is 4.87. The van der Waals surface area contributed by atoms with Crippen molar-refractivity contribution in [2.75, 3.05) is 11.9 Å². The van der Waals surface area contributed by atoms with Gasteiger partial charge >= 0.3 is 0 Å². The van der Waals surface area contributed by atoms with Crippen molar-refractivity contribution in [1.29, 1.82) is 0 Å². The third-order valence-corrected chi connectivity index (χ3v) is 5.87. The molecular formula is C18H18N4OS2. The zero-order chi connectivity index (χ0) is 17.1. The molecule has 1 atom stereocenters. The summed E-state index contributed by atoms with van der Waals surface area (Å²) in [5.41, 5.74) is 3.57. The molecule has 1 saturated heterocycles. The number of hydrogen-bond donors (Lipinski definition) is 1. The van der Waals surface area contributed by atoms with Crippen molar-refractivity contribution in [3.63, 3.8) is 0 Å². The predicted octanol–water partition coefficient (Wildman–Crippen LogP) is 4.19. The zero-order valence-electron chi connectivity index (χ0n) is 13.6. The van der Waals surface area contributed by atoms with E-state index in [0.29, 0.717) is 16.7 Å². The minimum Gasteiger partial charge on any atom is -0.298 e. The second-order valence-corrected chi connectivity index (χ2v) is 7.82. The zero-order valence-corrected chi connectivity index (χ0v) is 15.2. The third kappa shape index (κ3) is 3.78. The lowest BCUT2D eigenvalue weighted by atomic mass is 10.2. The van der Waals surface area contributed by atoms with Crippen molar-refractivity contribution in [2.24, 2.45) is 0 Å². The molecule has 0 saturated carbocycles. The molecule has 3 aromatic rings. The van der Waals surface area contributed by atoms with Crippen LogP contribution in [0.15, 0.2) is 47.4 Å². The highest BCUT2D eigenvalue weighted by molar-refractivity contribution is 7.14. The normalized spacial score (nSPS) is 17.7. The molecule has 1 aliphatic rings. The Bertz CT molecular complexity index is 832. The lowest BCUT2D eigenvalue weighted by Gasteiger charge is -2.22. The summed E-state index contributed by atoms with van der Waals surface area (Å²) in [7, 11) is 0. The maximum absolute atomic E-state index is 12.3. The first-order chi connectivity index (χ1) is 12.3. The van der Waals surface area contributed by atoms with Crippen LogP contribution in [0.3, 0.4) is 0 Å². The second-order valence-electron chi connectivity index (χ2n) is 5.99. The van der Waals surface area contributed by atoms with Gasteiger partial charge in [-0.2, -0.15) is 0 Å². The van der Waals surface area contributed by atoms with E-state index >= 15 is 0 Å². The van der Waals surface area contributed by atoms with Crippen LogP contribution in [0.2, 0.25) is 0 Å². The maximum Gasteiger partial charge on any atom is 0.257 e. The van der Waals surface area contributed by atoms with Gasteiger partial charge in [-0.05, 0) is 31.5 Å².